The predicted molar refractivity (Wildman–Crippen MR) is 90.5 cm³/mol. The summed E-state index contributed by atoms with van der Waals surface area (Å²) in [5.41, 5.74) is 2.27. The molecule has 0 aliphatic rings. The number of anilines is 1. The Morgan fingerprint density at radius 1 is 1.23 bits per heavy atom. The predicted octanol–water partition coefficient (Wildman–Crippen LogP) is 2.69. The van der Waals surface area contributed by atoms with Crippen LogP contribution in [0.1, 0.15) is 38.3 Å². The van der Waals surface area contributed by atoms with Gasteiger partial charge in [-0.25, -0.2) is 8.42 Å². The van der Waals surface area contributed by atoms with E-state index in [1.54, 1.807) is 0 Å². The van der Waals surface area contributed by atoms with E-state index in [2.05, 4.69) is 5.32 Å². The van der Waals surface area contributed by atoms with Crippen molar-refractivity contribution < 1.29 is 13.2 Å². The van der Waals surface area contributed by atoms with Crippen molar-refractivity contribution in [3.8, 4) is 0 Å². The van der Waals surface area contributed by atoms with Crippen LogP contribution >= 0.6 is 0 Å². The smallest absolute Gasteiger partial charge is 0.225 e. The fourth-order valence-electron chi connectivity index (χ4n) is 2.29. The monoisotopic (exact) mass is 326 g/mol. The Kier molecular flexibility index (Phi) is 5.76. The summed E-state index contributed by atoms with van der Waals surface area (Å²) in [4.78, 5) is 12.1. The zero-order valence-corrected chi connectivity index (χ0v) is 15.0. The SMILES string of the molecule is Cc1ccc(C)c(NC(=O)CCN(C(C)(C)C)S(C)(=O)=O)c1. The van der Waals surface area contributed by atoms with E-state index in [0.29, 0.717) is 0 Å². The zero-order chi connectivity index (χ0) is 17.1. The highest BCUT2D eigenvalue weighted by atomic mass is 32.2. The van der Waals surface area contributed by atoms with Gasteiger partial charge >= 0.3 is 0 Å². The Hall–Kier alpha value is -1.40. The average molecular weight is 326 g/mol. The number of hydrogen-bond donors (Lipinski definition) is 1. The second-order valence-corrected chi connectivity index (χ2v) is 8.53. The van der Waals surface area contributed by atoms with Crippen LogP contribution in [-0.4, -0.2) is 37.0 Å². The summed E-state index contributed by atoms with van der Waals surface area (Å²) in [7, 11) is -3.35. The quantitative estimate of drug-likeness (QED) is 0.904. The van der Waals surface area contributed by atoms with E-state index in [9.17, 15) is 13.2 Å². The van der Waals surface area contributed by atoms with Gasteiger partial charge in [-0.1, -0.05) is 12.1 Å². The minimum absolute atomic E-state index is 0.123. The molecule has 0 bridgehead atoms. The number of amides is 1. The molecular weight excluding hydrogens is 300 g/mol. The molecule has 0 fully saturated rings. The van der Waals surface area contributed by atoms with Crippen molar-refractivity contribution >= 4 is 21.6 Å². The minimum Gasteiger partial charge on any atom is -0.326 e. The Balaban J connectivity index is 2.75. The lowest BCUT2D eigenvalue weighted by atomic mass is 10.1. The Labute approximate surface area is 133 Å². The largest absolute Gasteiger partial charge is 0.326 e. The van der Waals surface area contributed by atoms with E-state index < -0.39 is 15.6 Å². The topological polar surface area (TPSA) is 66.5 Å². The Bertz CT molecular complexity index is 646. The van der Waals surface area contributed by atoms with Gasteiger partial charge in [0.05, 0.1) is 6.26 Å². The van der Waals surface area contributed by atoms with Gasteiger partial charge in [-0.2, -0.15) is 4.31 Å². The van der Waals surface area contributed by atoms with Crippen molar-refractivity contribution in [3.63, 3.8) is 0 Å². The van der Waals surface area contributed by atoms with Crippen LogP contribution in [0.4, 0.5) is 5.69 Å². The van der Waals surface area contributed by atoms with Crippen molar-refractivity contribution in [2.24, 2.45) is 0 Å². The summed E-state index contributed by atoms with van der Waals surface area (Å²) in [6, 6.07) is 5.84. The van der Waals surface area contributed by atoms with Crippen LogP contribution in [0, 0.1) is 13.8 Å². The molecule has 0 heterocycles. The highest BCUT2D eigenvalue weighted by molar-refractivity contribution is 7.88. The highest BCUT2D eigenvalue weighted by Gasteiger charge is 2.29. The summed E-state index contributed by atoms with van der Waals surface area (Å²) < 4.78 is 25.0. The van der Waals surface area contributed by atoms with E-state index >= 15 is 0 Å². The molecule has 5 nitrogen and oxygen atoms in total. The van der Waals surface area contributed by atoms with Crippen LogP contribution in [0.3, 0.4) is 0 Å². The molecular formula is C16H26N2O3S. The molecule has 1 aromatic carbocycles. The molecule has 6 heteroatoms. The molecule has 1 aromatic rings. The Morgan fingerprint density at radius 3 is 2.32 bits per heavy atom. The van der Waals surface area contributed by atoms with Gasteiger partial charge in [-0.05, 0) is 51.8 Å². The number of sulfonamides is 1. The standard InChI is InChI=1S/C16H26N2O3S/c1-12-7-8-13(2)14(11-12)17-15(19)9-10-18(16(3,4)5)22(6,20)21/h7-8,11H,9-10H2,1-6H3,(H,17,19). The normalized spacial score (nSPS) is 12.5. The second-order valence-electron chi connectivity index (χ2n) is 6.62. The molecule has 0 aliphatic heterocycles. The third-order valence-electron chi connectivity index (χ3n) is 3.36. The maximum atomic E-state index is 12.1. The van der Waals surface area contributed by atoms with E-state index in [1.807, 2.05) is 52.8 Å². The molecule has 0 atom stereocenters. The lowest BCUT2D eigenvalue weighted by Gasteiger charge is -2.33. The van der Waals surface area contributed by atoms with Gasteiger partial charge in [0.1, 0.15) is 0 Å². The first-order chi connectivity index (χ1) is 9.91. The summed E-state index contributed by atoms with van der Waals surface area (Å²) in [5.74, 6) is -0.188. The number of benzene rings is 1. The van der Waals surface area contributed by atoms with Gasteiger partial charge in [-0.3, -0.25) is 4.79 Å². The Morgan fingerprint density at radius 2 is 1.82 bits per heavy atom. The fourth-order valence-corrected chi connectivity index (χ4v) is 3.70. The van der Waals surface area contributed by atoms with Crippen molar-refractivity contribution in [2.45, 2.75) is 46.6 Å². The third-order valence-corrected chi connectivity index (χ3v) is 4.89. The lowest BCUT2D eigenvalue weighted by Crippen LogP contribution is -2.46. The fraction of sp³-hybridized carbons (Fsp3) is 0.562. The molecule has 0 spiro atoms. The summed E-state index contributed by atoms with van der Waals surface area (Å²) in [6.45, 7) is 9.50. The van der Waals surface area contributed by atoms with Crippen LogP contribution < -0.4 is 5.32 Å². The summed E-state index contributed by atoms with van der Waals surface area (Å²) >= 11 is 0. The molecule has 0 unspecified atom stereocenters. The van der Waals surface area contributed by atoms with Gasteiger partial charge in [-0.15, -0.1) is 0 Å². The number of hydrogen-bond acceptors (Lipinski definition) is 3. The van der Waals surface area contributed by atoms with Gasteiger partial charge in [0, 0.05) is 24.2 Å². The molecule has 1 rings (SSSR count). The van der Waals surface area contributed by atoms with E-state index in [0.717, 1.165) is 16.8 Å². The lowest BCUT2D eigenvalue weighted by molar-refractivity contribution is -0.116. The molecule has 22 heavy (non-hydrogen) atoms. The molecule has 1 amide bonds. The molecule has 0 aromatic heterocycles. The second kappa shape index (κ2) is 6.79. The summed E-state index contributed by atoms with van der Waals surface area (Å²) in [6.07, 6.45) is 1.29. The van der Waals surface area contributed by atoms with E-state index in [1.165, 1.54) is 10.6 Å². The third kappa shape index (κ3) is 5.42. The van der Waals surface area contributed by atoms with Gasteiger partial charge in [0.2, 0.25) is 15.9 Å². The van der Waals surface area contributed by atoms with Crippen LogP contribution in [-0.2, 0) is 14.8 Å². The van der Waals surface area contributed by atoms with Gasteiger partial charge < -0.3 is 5.32 Å². The number of nitrogens with zero attached hydrogens (tertiary/aromatic N) is 1. The van der Waals surface area contributed by atoms with Crippen molar-refractivity contribution in [1.82, 2.24) is 4.31 Å². The van der Waals surface area contributed by atoms with Crippen molar-refractivity contribution in [2.75, 3.05) is 18.1 Å². The minimum atomic E-state index is -3.35. The number of rotatable bonds is 5. The van der Waals surface area contributed by atoms with Crippen molar-refractivity contribution in [1.29, 1.82) is 0 Å². The molecule has 1 N–H and O–H groups in total. The average Bonchev–Trinajstić information content (AvgIpc) is 2.30. The van der Waals surface area contributed by atoms with E-state index in [4.69, 9.17) is 0 Å². The molecule has 0 saturated heterocycles. The first-order valence-corrected chi connectivity index (χ1v) is 9.11. The van der Waals surface area contributed by atoms with Crippen molar-refractivity contribution in [3.05, 3.63) is 29.3 Å². The highest BCUT2D eigenvalue weighted by Crippen LogP contribution is 2.19. The van der Waals surface area contributed by atoms with Crippen LogP contribution in [0.15, 0.2) is 18.2 Å². The van der Waals surface area contributed by atoms with Crippen LogP contribution in [0.25, 0.3) is 0 Å². The van der Waals surface area contributed by atoms with Crippen LogP contribution in [0.5, 0.6) is 0 Å². The molecule has 0 radical (unpaired) electrons. The van der Waals surface area contributed by atoms with Crippen LogP contribution in [0.2, 0.25) is 0 Å². The first-order valence-electron chi connectivity index (χ1n) is 7.26. The number of aryl methyl sites for hydroxylation is 2. The molecule has 0 saturated carbocycles. The molecule has 124 valence electrons. The zero-order valence-electron chi connectivity index (χ0n) is 14.2. The van der Waals surface area contributed by atoms with Gasteiger partial charge in [0.15, 0.2) is 0 Å². The summed E-state index contributed by atoms with van der Waals surface area (Å²) in [5, 5.41) is 2.85. The maximum Gasteiger partial charge on any atom is 0.225 e. The van der Waals surface area contributed by atoms with Gasteiger partial charge in [0.25, 0.3) is 0 Å². The first kappa shape index (κ1) is 18.6. The molecule has 0 aliphatic carbocycles. The number of nitrogens with one attached hydrogen (secondary N) is 1. The number of carbonyl (C=O) groups excluding carboxylic acids is 1. The number of carbonyl (C=O) groups is 1. The van der Waals surface area contributed by atoms with E-state index in [-0.39, 0.29) is 18.9 Å². The maximum absolute atomic E-state index is 12.1.